The Morgan fingerprint density at radius 2 is 1.76 bits per heavy atom. The third-order valence-corrected chi connectivity index (χ3v) is 3.75. The van der Waals surface area contributed by atoms with Gasteiger partial charge in [-0.2, -0.15) is 0 Å². The molecule has 1 rings (SSSR count). The minimum Gasteiger partial charge on any atom is -0.462 e. The summed E-state index contributed by atoms with van der Waals surface area (Å²) in [5, 5.41) is 0. The summed E-state index contributed by atoms with van der Waals surface area (Å²) in [4.78, 5) is 23.8. The van der Waals surface area contributed by atoms with Crippen LogP contribution in [0.5, 0.6) is 0 Å². The molecular formula is C17H28O4. The number of hydrogen-bond acceptors (Lipinski definition) is 4. The summed E-state index contributed by atoms with van der Waals surface area (Å²) in [6, 6.07) is 0. The lowest BCUT2D eigenvalue weighted by Gasteiger charge is -2.32. The zero-order valence-electron chi connectivity index (χ0n) is 14.0. The van der Waals surface area contributed by atoms with Crippen LogP contribution in [0.2, 0.25) is 0 Å². The SMILES string of the molecule is C=C(C)C(=O)OC1(CC(C)OC(=O)C(C)(C)C)CCCC1. The van der Waals surface area contributed by atoms with Gasteiger partial charge in [-0.05, 0) is 60.3 Å². The van der Waals surface area contributed by atoms with E-state index in [1.807, 2.05) is 27.7 Å². The Bertz CT molecular complexity index is 411. The van der Waals surface area contributed by atoms with Gasteiger partial charge in [0.2, 0.25) is 0 Å². The van der Waals surface area contributed by atoms with E-state index in [0.29, 0.717) is 12.0 Å². The van der Waals surface area contributed by atoms with Crippen LogP contribution in [-0.4, -0.2) is 23.6 Å². The number of ether oxygens (including phenoxy) is 2. The molecule has 4 nitrogen and oxygen atoms in total. The average Bonchev–Trinajstić information content (AvgIpc) is 2.75. The van der Waals surface area contributed by atoms with E-state index in [1.165, 1.54) is 0 Å². The van der Waals surface area contributed by atoms with Crippen LogP contribution in [0.1, 0.15) is 66.7 Å². The van der Waals surface area contributed by atoms with Gasteiger partial charge in [-0.3, -0.25) is 4.79 Å². The summed E-state index contributed by atoms with van der Waals surface area (Å²) < 4.78 is 11.2. The molecule has 1 fully saturated rings. The van der Waals surface area contributed by atoms with Crippen molar-refractivity contribution < 1.29 is 19.1 Å². The molecule has 0 bridgehead atoms. The molecule has 1 unspecified atom stereocenters. The van der Waals surface area contributed by atoms with Crippen molar-refractivity contribution in [1.82, 2.24) is 0 Å². The van der Waals surface area contributed by atoms with E-state index >= 15 is 0 Å². The number of rotatable bonds is 5. The highest BCUT2D eigenvalue weighted by molar-refractivity contribution is 5.87. The normalized spacial score (nSPS) is 18.9. The molecule has 0 heterocycles. The first-order chi connectivity index (χ1) is 9.56. The summed E-state index contributed by atoms with van der Waals surface area (Å²) >= 11 is 0. The van der Waals surface area contributed by atoms with Gasteiger partial charge < -0.3 is 9.47 Å². The molecule has 0 N–H and O–H groups in total. The topological polar surface area (TPSA) is 52.6 Å². The van der Waals surface area contributed by atoms with Crippen LogP contribution < -0.4 is 0 Å². The predicted molar refractivity (Wildman–Crippen MR) is 81.7 cm³/mol. The first-order valence-corrected chi connectivity index (χ1v) is 7.66. The molecule has 1 saturated carbocycles. The molecular weight excluding hydrogens is 268 g/mol. The molecule has 0 amide bonds. The maximum Gasteiger partial charge on any atom is 0.333 e. The first kappa shape index (κ1) is 17.7. The molecule has 0 saturated heterocycles. The number of carbonyl (C=O) groups is 2. The lowest BCUT2D eigenvalue weighted by molar-refractivity contribution is -0.166. The van der Waals surface area contributed by atoms with Crippen molar-refractivity contribution in [2.45, 2.75) is 78.4 Å². The summed E-state index contributed by atoms with van der Waals surface area (Å²) in [7, 11) is 0. The number of esters is 2. The van der Waals surface area contributed by atoms with Crippen molar-refractivity contribution >= 4 is 11.9 Å². The summed E-state index contributed by atoms with van der Waals surface area (Å²) in [5.41, 5.74) is -0.625. The van der Waals surface area contributed by atoms with Crippen LogP contribution in [0.15, 0.2) is 12.2 Å². The zero-order chi connectivity index (χ0) is 16.3. The minimum absolute atomic E-state index is 0.227. The molecule has 1 atom stereocenters. The molecule has 0 radical (unpaired) electrons. The second kappa shape index (κ2) is 6.63. The Labute approximate surface area is 127 Å². The van der Waals surface area contributed by atoms with E-state index in [2.05, 4.69) is 6.58 Å². The second-order valence-corrected chi connectivity index (χ2v) is 7.23. The van der Waals surface area contributed by atoms with Crippen molar-refractivity contribution in [3.05, 3.63) is 12.2 Å². The van der Waals surface area contributed by atoms with E-state index in [0.717, 1.165) is 25.7 Å². The maximum absolute atomic E-state index is 11.9. The van der Waals surface area contributed by atoms with Gasteiger partial charge in [-0.25, -0.2) is 4.79 Å². The van der Waals surface area contributed by atoms with Crippen molar-refractivity contribution in [2.24, 2.45) is 5.41 Å². The molecule has 120 valence electrons. The van der Waals surface area contributed by atoms with Gasteiger partial charge in [-0.15, -0.1) is 0 Å². The molecule has 0 aromatic rings. The molecule has 0 aliphatic heterocycles. The van der Waals surface area contributed by atoms with Gasteiger partial charge in [0.25, 0.3) is 0 Å². The van der Waals surface area contributed by atoms with Crippen molar-refractivity contribution in [2.75, 3.05) is 0 Å². The Balaban J connectivity index is 2.68. The highest BCUT2D eigenvalue weighted by Gasteiger charge is 2.40. The molecule has 0 spiro atoms. The number of hydrogen-bond donors (Lipinski definition) is 0. The Kier molecular flexibility index (Phi) is 5.60. The first-order valence-electron chi connectivity index (χ1n) is 7.66. The Hall–Kier alpha value is -1.32. The van der Waals surface area contributed by atoms with E-state index < -0.39 is 11.0 Å². The van der Waals surface area contributed by atoms with Crippen molar-refractivity contribution in [1.29, 1.82) is 0 Å². The fraction of sp³-hybridized carbons (Fsp3) is 0.765. The monoisotopic (exact) mass is 296 g/mol. The van der Waals surface area contributed by atoms with Crippen LogP contribution in [0.25, 0.3) is 0 Å². The second-order valence-electron chi connectivity index (χ2n) is 7.23. The molecule has 0 aromatic carbocycles. The lowest BCUT2D eigenvalue weighted by Crippen LogP contribution is -2.38. The smallest absolute Gasteiger partial charge is 0.333 e. The fourth-order valence-corrected chi connectivity index (χ4v) is 2.58. The van der Waals surface area contributed by atoms with Gasteiger partial charge in [0.15, 0.2) is 0 Å². The van der Waals surface area contributed by atoms with Crippen LogP contribution in [0.4, 0.5) is 0 Å². The quantitative estimate of drug-likeness (QED) is 0.572. The van der Waals surface area contributed by atoms with E-state index in [-0.39, 0.29) is 18.0 Å². The summed E-state index contributed by atoms with van der Waals surface area (Å²) in [6.45, 7) is 12.6. The predicted octanol–water partition coefficient (Wildman–Crippen LogP) is 3.79. The highest BCUT2D eigenvalue weighted by Crippen LogP contribution is 2.38. The largest absolute Gasteiger partial charge is 0.462 e. The summed E-state index contributed by atoms with van der Waals surface area (Å²) in [5.74, 6) is -0.583. The third kappa shape index (κ3) is 5.18. The maximum atomic E-state index is 11.9. The molecule has 0 aromatic heterocycles. The van der Waals surface area contributed by atoms with E-state index in [4.69, 9.17) is 9.47 Å². The summed E-state index contributed by atoms with van der Waals surface area (Å²) in [6.07, 6.45) is 3.99. The van der Waals surface area contributed by atoms with Crippen molar-refractivity contribution in [3.8, 4) is 0 Å². The zero-order valence-corrected chi connectivity index (χ0v) is 14.0. The Morgan fingerprint density at radius 3 is 2.19 bits per heavy atom. The lowest BCUT2D eigenvalue weighted by atomic mass is 9.93. The van der Waals surface area contributed by atoms with Gasteiger partial charge in [-0.1, -0.05) is 6.58 Å². The molecule has 4 heteroatoms. The minimum atomic E-state index is -0.522. The molecule has 1 aliphatic carbocycles. The van der Waals surface area contributed by atoms with E-state index in [1.54, 1.807) is 6.92 Å². The van der Waals surface area contributed by atoms with Gasteiger partial charge in [0, 0.05) is 12.0 Å². The third-order valence-electron chi connectivity index (χ3n) is 3.75. The fourth-order valence-electron chi connectivity index (χ4n) is 2.58. The Morgan fingerprint density at radius 1 is 1.24 bits per heavy atom. The van der Waals surface area contributed by atoms with Crippen LogP contribution in [-0.2, 0) is 19.1 Å². The van der Waals surface area contributed by atoms with Crippen LogP contribution in [0, 0.1) is 5.41 Å². The average molecular weight is 296 g/mol. The standard InChI is InChI=1S/C17H28O4/c1-12(2)14(18)21-17(9-7-8-10-17)11-13(3)20-15(19)16(4,5)6/h13H,1,7-11H2,2-6H3. The van der Waals surface area contributed by atoms with E-state index in [9.17, 15) is 9.59 Å². The molecule has 21 heavy (non-hydrogen) atoms. The molecule has 1 aliphatic rings. The van der Waals surface area contributed by atoms with Gasteiger partial charge in [0.1, 0.15) is 11.7 Å². The van der Waals surface area contributed by atoms with Crippen molar-refractivity contribution in [3.63, 3.8) is 0 Å². The van der Waals surface area contributed by atoms with Gasteiger partial charge >= 0.3 is 11.9 Å². The van der Waals surface area contributed by atoms with Crippen LogP contribution >= 0.6 is 0 Å². The van der Waals surface area contributed by atoms with Gasteiger partial charge in [0.05, 0.1) is 5.41 Å². The number of carbonyl (C=O) groups excluding carboxylic acids is 2. The van der Waals surface area contributed by atoms with Crippen LogP contribution in [0.3, 0.4) is 0 Å². The highest BCUT2D eigenvalue weighted by atomic mass is 16.6.